The van der Waals surface area contributed by atoms with Gasteiger partial charge in [0.1, 0.15) is 0 Å². The van der Waals surface area contributed by atoms with E-state index in [0.717, 1.165) is 19.3 Å². The van der Waals surface area contributed by atoms with Crippen molar-refractivity contribution in [3.8, 4) is 11.1 Å². The number of aliphatic hydroxyl groups excluding tert-OH is 3. The minimum Gasteiger partial charge on any atom is -0.393 e. The summed E-state index contributed by atoms with van der Waals surface area (Å²) in [5.41, 5.74) is 7.67. The SMILES string of the molecule is CC.CC.CC.CC.CC.CC.CC1CCCCC1O.CC1c2ccccc2-c2ccccc2CC1O.CC1c2ccccc2CC1O. The first-order chi connectivity index (χ1) is 23.4. The van der Waals surface area contributed by atoms with Crippen molar-refractivity contribution in [1.82, 2.24) is 0 Å². The summed E-state index contributed by atoms with van der Waals surface area (Å²) in [4.78, 5) is 0. The quantitative estimate of drug-likeness (QED) is 0.224. The van der Waals surface area contributed by atoms with Gasteiger partial charge in [0, 0.05) is 11.8 Å². The molecule has 3 aromatic carbocycles. The molecule has 3 nitrogen and oxygen atoms in total. The largest absolute Gasteiger partial charge is 0.393 e. The van der Waals surface area contributed by atoms with Crippen LogP contribution in [-0.4, -0.2) is 33.6 Å². The molecule has 6 unspecified atom stereocenters. The van der Waals surface area contributed by atoms with Crippen LogP contribution in [0.3, 0.4) is 0 Å². The van der Waals surface area contributed by atoms with Crippen LogP contribution in [0.5, 0.6) is 0 Å². The summed E-state index contributed by atoms with van der Waals surface area (Å²) in [5, 5.41) is 28.9. The molecule has 0 aliphatic heterocycles. The normalized spacial score (nSPS) is 21.9. The highest BCUT2D eigenvalue weighted by Crippen LogP contribution is 2.37. The Labute approximate surface area is 299 Å². The van der Waals surface area contributed by atoms with Crippen molar-refractivity contribution in [2.45, 2.75) is 173 Å². The van der Waals surface area contributed by atoms with E-state index in [1.807, 2.05) is 101 Å². The molecule has 0 radical (unpaired) electrons. The van der Waals surface area contributed by atoms with Crippen molar-refractivity contribution in [2.75, 3.05) is 0 Å². The second-order valence-electron chi connectivity index (χ2n) is 10.9. The summed E-state index contributed by atoms with van der Waals surface area (Å²) >= 11 is 0. The standard InChI is InChI=1S/C16H16O.C10H12O.C7H14O.6C2H6/c1-11-13-7-4-5-9-15(13)14-8-3-2-6-12(14)10-16(11)17;1-7-9-5-3-2-4-8(9)6-10(7)11;1-6-4-2-3-5-7(6)8;6*1-2/h2-9,11,16-17H,10H2,1H3;2-5,7,10-11H,6H2,1H3;6-8H,2-5H2,1H3;6*1-2H3. The molecule has 0 heterocycles. The Morgan fingerprint density at radius 1 is 0.417 bits per heavy atom. The van der Waals surface area contributed by atoms with Gasteiger partial charge in [0.05, 0.1) is 18.3 Å². The second kappa shape index (κ2) is 31.8. The number of aliphatic hydroxyl groups is 3. The fourth-order valence-corrected chi connectivity index (χ4v) is 5.78. The molecule has 0 bridgehead atoms. The van der Waals surface area contributed by atoms with Crippen LogP contribution in [-0.2, 0) is 12.8 Å². The Balaban J connectivity index is -0.000000570. The molecule has 3 N–H and O–H groups in total. The lowest BCUT2D eigenvalue weighted by molar-refractivity contribution is 0.0793. The van der Waals surface area contributed by atoms with Crippen molar-refractivity contribution < 1.29 is 15.3 Å². The minimum atomic E-state index is -0.292. The number of benzene rings is 3. The van der Waals surface area contributed by atoms with E-state index in [9.17, 15) is 15.3 Å². The molecule has 6 rings (SSSR count). The molecule has 1 saturated carbocycles. The average Bonchev–Trinajstić information content (AvgIpc) is 3.41. The molecule has 0 aromatic heterocycles. The lowest BCUT2D eigenvalue weighted by Gasteiger charge is -2.23. The topological polar surface area (TPSA) is 60.7 Å². The highest BCUT2D eigenvalue weighted by atomic mass is 16.3. The van der Waals surface area contributed by atoms with Gasteiger partial charge in [0.25, 0.3) is 0 Å². The highest BCUT2D eigenvalue weighted by Gasteiger charge is 2.26. The van der Waals surface area contributed by atoms with Crippen LogP contribution in [0.25, 0.3) is 11.1 Å². The van der Waals surface area contributed by atoms with Gasteiger partial charge in [0.2, 0.25) is 0 Å². The van der Waals surface area contributed by atoms with Crippen LogP contribution in [0.4, 0.5) is 0 Å². The molecule has 276 valence electrons. The molecule has 6 atom stereocenters. The average molecular weight is 667 g/mol. The summed E-state index contributed by atoms with van der Waals surface area (Å²) in [6.07, 6.45) is 5.92. The van der Waals surface area contributed by atoms with Crippen molar-refractivity contribution in [2.24, 2.45) is 5.92 Å². The molecule has 48 heavy (non-hydrogen) atoms. The molecular weight excluding hydrogens is 588 g/mol. The summed E-state index contributed by atoms with van der Waals surface area (Å²) < 4.78 is 0. The zero-order chi connectivity index (χ0) is 37.7. The Bertz CT molecular complexity index is 1110. The molecule has 1 fully saturated rings. The van der Waals surface area contributed by atoms with Crippen LogP contribution >= 0.6 is 0 Å². The number of fused-ring (bicyclic) bond motifs is 4. The van der Waals surface area contributed by atoms with E-state index in [1.54, 1.807) is 0 Å². The van der Waals surface area contributed by atoms with E-state index in [-0.39, 0.29) is 24.2 Å². The zero-order valence-corrected chi connectivity index (χ0v) is 34.0. The number of hydrogen-bond acceptors (Lipinski definition) is 3. The number of hydrogen-bond donors (Lipinski definition) is 3. The van der Waals surface area contributed by atoms with Gasteiger partial charge in [-0.2, -0.15) is 0 Å². The molecule has 0 amide bonds. The van der Waals surface area contributed by atoms with Crippen molar-refractivity contribution in [3.05, 3.63) is 95.1 Å². The maximum absolute atomic E-state index is 10.3. The molecule has 3 aliphatic rings. The Kier molecular flexibility index (Phi) is 33.1. The van der Waals surface area contributed by atoms with Gasteiger partial charge in [-0.3, -0.25) is 0 Å². The Morgan fingerprint density at radius 3 is 1.25 bits per heavy atom. The molecule has 0 spiro atoms. The van der Waals surface area contributed by atoms with Gasteiger partial charge >= 0.3 is 0 Å². The first-order valence-corrected chi connectivity index (χ1v) is 19.7. The maximum atomic E-state index is 10.3. The summed E-state index contributed by atoms with van der Waals surface area (Å²) in [6, 6.07) is 25.1. The van der Waals surface area contributed by atoms with Crippen molar-refractivity contribution >= 4 is 0 Å². The first-order valence-electron chi connectivity index (χ1n) is 19.7. The van der Waals surface area contributed by atoms with Gasteiger partial charge in [-0.25, -0.2) is 0 Å². The van der Waals surface area contributed by atoms with Crippen LogP contribution in [0.15, 0.2) is 72.8 Å². The van der Waals surface area contributed by atoms with E-state index in [1.165, 1.54) is 52.6 Å². The predicted octanol–water partition coefficient (Wildman–Crippen LogP) is 12.8. The van der Waals surface area contributed by atoms with Crippen LogP contribution in [0, 0.1) is 5.92 Å². The Hall–Kier alpha value is -2.46. The van der Waals surface area contributed by atoms with E-state index in [4.69, 9.17) is 0 Å². The van der Waals surface area contributed by atoms with Gasteiger partial charge in [-0.05, 0) is 65.0 Å². The van der Waals surface area contributed by atoms with Gasteiger partial charge < -0.3 is 15.3 Å². The lowest BCUT2D eigenvalue weighted by atomic mass is 9.88. The fraction of sp³-hybridized carbons (Fsp3) is 0.600. The van der Waals surface area contributed by atoms with E-state index < -0.39 is 0 Å². The predicted molar refractivity (Wildman–Crippen MR) is 216 cm³/mol. The second-order valence-corrected chi connectivity index (χ2v) is 10.9. The van der Waals surface area contributed by atoms with Crippen LogP contribution in [0.1, 0.15) is 164 Å². The van der Waals surface area contributed by atoms with Gasteiger partial charge in [-0.15, -0.1) is 0 Å². The van der Waals surface area contributed by atoms with E-state index in [0.29, 0.717) is 11.8 Å². The number of rotatable bonds is 0. The third-order valence-corrected chi connectivity index (χ3v) is 8.38. The molecule has 3 aliphatic carbocycles. The maximum Gasteiger partial charge on any atom is 0.0646 e. The summed E-state index contributed by atoms with van der Waals surface area (Å²) in [7, 11) is 0. The van der Waals surface area contributed by atoms with Gasteiger partial charge in [0.15, 0.2) is 0 Å². The molecule has 3 aromatic rings. The molecule has 3 heteroatoms. The van der Waals surface area contributed by atoms with E-state index in [2.05, 4.69) is 75.4 Å². The van der Waals surface area contributed by atoms with E-state index >= 15 is 0 Å². The molecular formula is C45H78O3. The van der Waals surface area contributed by atoms with Crippen LogP contribution in [0.2, 0.25) is 0 Å². The molecule has 0 saturated heterocycles. The minimum absolute atomic E-state index is 0.00347. The summed E-state index contributed by atoms with van der Waals surface area (Å²) in [6.45, 7) is 30.3. The first kappa shape index (κ1) is 49.9. The smallest absolute Gasteiger partial charge is 0.0646 e. The Morgan fingerprint density at radius 2 is 0.792 bits per heavy atom. The van der Waals surface area contributed by atoms with Crippen molar-refractivity contribution in [3.63, 3.8) is 0 Å². The highest BCUT2D eigenvalue weighted by molar-refractivity contribution is 5.72. The monoisotopic (exact) mass is 667 g/mol. The lowest BCUT2D eigenvalue weighted by Crippen LogP contribution is -2.21. The third kappa shape index (κ3) is 16.3. The van der Waals surface area contributed by atoms with Crippen LogP contribution < -0.4 is 0 Å². The van der Waals surface area contributed by atoms with Crippen molar-refractivity contribution in [1.29, 1.82) is 0 Å². The van der Waals surface area contributed by atoms with Gasteiger partial charge in [-0.1, -0.05) is 189 Å². The third-order valence-electron chi connectivity index (χ3n) is 8.38. The summed E-state index contributed by atoms with van der Waals surface area (Å²) in [5.74, 6) is 1.08. The zero-order valence-electron chi connectivity index (χ0n) is 34.0. The fourth-order valence-electron chi connectivity index (χ4n) is 5.78.